The third kappa shape index (κ3) is 3.49. The molecule has 3 rings (SSSR count). The van der Waals surface area contributed by atoms with E-state index in [0.29, 0.717) is 35.3 Å². The third-order valence-electron chi connectivity index (χ3n) is 3.63. The molecule has 0 aliphatic rings. The van der Waals surface area contributed by atoms with Gasteiger partial charge in [0.1, 0.15) is 12.4 Å². The van der Waals surface area contributed by atoms with Crippen molar-refractivity contribution in [1.29, 1.82) is 0 Å². The topological polar surface area (TPSA) is 26.3 Å². The smallest absolute Gasteiger partial charge is 0.159 e. The SMILES string of the molecule is O=Cc1cc(-c2ccc(F)c(F)c2)ccc1OCc1ccccc1. The highest BCUT2D eigenvalue weighted by atomic mass is 19.2. The van der Waals surface area contributed by atoms with Gasteiger partial charge in [-0.1, -0.05) is 42.5 Å². The van der Waals surface area contributed by atoms with Gasteiger partial charge in [-0.15, -0.1) is 0 Å². The number of hydrogen-bond acceptors (Lipinski definition) is 2. The van der Waals surface area contributed by atoms with Crippen LogP contribution in [-0.4, -0.2) is 6.29 Å². The lowest BCUT2D eigenvalue weighted by Gasteiger charge is -2.10. The predicted molar refractivity (Wildman–Crippen MR) is 88.0 cm³/mol. The average Bonchev–Trinajstić information content (AvgIpc) is 2.63. The molecule has 0 saturated heterocycles. The van der Waals surface area contributed by atoms with E-state index in [9.17, 15) is 13.6 Å². The van der Waals surface area contributed by atoms with Crippen LogP contribution in [-0.2, 0) is 6.61 Å². The van der Waals surface area contributed by atoms with Crippen molar-refractivity contribution >= 4 is 6.29 Å². The summed E-state index contributed by atoms with van der Waals surface area (Å²) in [6.07, 6.45) is 0.684. The van der Waals surface area contributed by atoms with Crippen LogP contribution in [0, 0.1) is 11.6 Å². The second-order valence-electron chi connectivity index (χ2n) is 5.27. The number of halogens is 2. The van der Waals surface area contributed by atoms with E-state index in [4.69, 9.17) is 4.74 Å². The first-order chi connectivity index (χ1) is 11.7. The molecule has 0 radical (unpaired) electrons. The lowest BCUT2D eigenvalue weighted by Crippen LogP contribution is -1.98. The largest absolute Gasteiger partial charge is 0.488 e. The normalized spacial score (nSPS) is 10.4. The Morgan fingerprint density at radius 3 is 2.25 bits per heavy atom. The molecule has 4 heteroatoms. The number of carbonyl (C=O) groups is 1. The summed E-state index contributed by atoms with van der Waals surface area (Å²) < 4.78 is 32.1. The van der Waals surface area contributed by atoms with Crippen LogP contribution in [0.2, 0.25) is 0 Å². The highest BCUT2D eigenvalue weighted by molar-refractivity contribution is 5.83. The van der Waals surface area contributed by atoms with Gasteiger partial charge in [0.25, 0.3) is 0 Å². The zero-order chi connectivity index (χ0) is 16.9. The van der Waals surface area contributed by atoms with Crippen LogP contribution < -0.4 is 4.74 Å². The third-order valence-corrected chi connectivity index (χ3v) is 3.63. The monoisotopic (exact) mass is 324 g/mol. The number of aldehydes is 1. The Labute approximate surface area is 138 Å². The van der Waals surface area contributed by atoms with Crippen molar-refractivity contribution < 1.29 is 18.3 Å². The van der Waals surface area contributed by atoms with E-state index in [-0.39, 0.29) is 0 Å². The lowest BCUT2D eigenvalue weighted by atomic mass is 10.0. The first kappa shape index (κ1) is 15.9. The first-order valence-corrected chi connectivity index (χ1v) is 7.39. The average molecular weight is 324 g/mol. The minimum Gasteiger partial charge on any atom is -0.488 e. The zero-order valence-electron chi connectivity index (χ0n) is 12.7. The maximum absolute atomic E-state index is 13.4. The lowest BCUT2D eigenvalue weighted by molar-refractivity contribution is 0.111. The van der Waals surface area contributed by atoms with Crippen molar-refractivity contribution in [1.82, 2.24) is 0 Å². The van der Waals surface area contributed by atoms with Gasteiger partial charge in [0, 0.05) is 0 Å². The van der Waals surface area contributed by atoms with Crippen LogP contribution in [0.25, 0.3) is 11.1 Å². The van der Waals surface area contributed by atoms with Crippen molar-refractivity contribution in [2.75, 3.05) is 0 Å². The van der Waals surface area contributed by atoms with Crippen LogP contribution >= 0.6 is 0 Å². The summed E-state index contributed by atoms with van der Waals surface area (Å²) >= 11 is 0. The number of hydrogen-bond donors (Lipinski definition) is 0. The van der Waals surface area contributed by atoms with Gasteiger partial charge in [-0.25, -0.2) is 8.78 Å². The maximum atomic E-state index is 13.4. The Hall–Kier alpha value is -3.01. The molecule has 0 atom stereocenters. The van der Waals surface area contributed by atoms with Gasteiger partial charge >= 0.3 is 0 Å². The summed E-state index contributed by atoms with van der Waals surface area (Å²) in [6, 6.07) is 18.2. The van der Waals surface area contributed by atoms with E-state index in [1.165, 1.54) is 6.07 Å². The quantitative estimate of drug-likeness (QED) is 0.616. The standard InChI is InChI=1S/C20H14F2O2/c21-18-8-6-16(11-19(18)22)15-7-9-20(17(10-15)12-23)24-13-14-4-2-1-3-5-14/h1-12H,13H2. The summed E-state index contributed by atoms with van der Waals surface area (Å²) in [5.41, 5.74) is 2.45. The van der Waals surface area contributed by atoms with Crippen molar-refractivity contribution in [3.63, 3.8) is 0 Å². The van der Waals surface area contributed by atoms with Crippen LogP contribution in [0.5, 0.6) is 5.75 Å². The van der Waals surface area contributed by atoms with E-state index in [2.05, 4.69) is 0 Å². The van der Waals surface area contributed by atoms with Crippen LogP contribution in [0.3, 0.4) is 0 Å². The van der Waals surface area contributed by atoms with Crippen LogP contribution in [0.4, 0.5) is 8.78 Å². The highest BCUT2D eigenvalue weighted by Crippen LogP contribution is 2.27. The number of rotatable bonds is 5. The minimum atomic E-state index is -0.926. The number of benzene rings is 3. The number of carbonyl (C=O) groups excluding carboxylic acids is 1. The molecular weight excluding hydrogens is 310 g/mol. The first-order valence-electron chi connectivity index (χ1n) is 7.39. The fourth-order valence-corrected chi connectivity index (χ4v) is 2.36. The molecule has 0 fully saturated rings. The molecule has 0 N–H and O–H groups in total. The van der Waals surface area contributed by atoms with Gasteiger partial charge in [-0.2, -0.15) is 0 Å². The molecular formula is C20H14F2O2. The fourth-order valence-electron chi connectivity index (χ4n) is 2.36. The predicted octanol–water partition coefficient (Wildman–Crippen LogP) is 5.02. The molecule has 0 heterocycles. The van der Waals surface area contributed by atoms with E-state index in [0.717, 1.165) is 17.7 Å². The molecule has 3 aromatic carbocycles. The van der Waals surface area contributed by atoms with Crippen molar-refractivity contribution in [2.24, 2.45) is 0 Å². The molecule has 0 amide bonds. The molecule has 0 spiro atoms. The van der Waals surface area contributed by atoms with Gasteiger partial charge in [0.2, 0.25) is 0 Å². The maximum Gasteiger partial charge on any atom is 0.159 e. The van der Waals surface area contributed by atoms with E-state index >= 15 is 0 Å². The Kier molecular flexibility index (Phi) is 4.66. The van der Waals surface area contributed by atoms with E-state index in [1.54, 1.807) is 18.2 Å². The van der Waals surface area contributed by atoms with Crippen molar-refractivity contribution in [3.8, 4) is 16.9 Å². The summed E-state index contributed by atoms with van der Waals surface area (Å²) in [4.78, 5) is 11.3. The van der Waals surface area contributed by atoms with E-state index in [1.807, 2.05) is 30.3 Å². The Morgan fingerprint density at radius 2 is 1.54 bits per heavy atom. The Morgan fingerprint density at radius 1 is 0.833 bits per heavy atom. The number of ether oxygens (including phenoxy) is 1. The summed E-state index contributed by atoms with van der Waals surface area (Å²) in [5.74, 6) is -1.39. The molecule has 120 valence electrons. The van der Waals surface area contributed by atoms with Gasteiger partial charge in [-0.3, -0.25) is 4.79 Å². The summed E-state index contributed by atoms with van der Waals surface area (Å²) in [6.45, 7) is 0.339. The van der Waals surface area contributed by atoms with Crippen molar-refractivity contribution in [3.05, 3.63) is 89.5 Å². The van der Waals surface area contributed by atoms with Gasteiger partial charge in [-0.05, 0) is 41.0 Å². The second-order valence-corrected chi connectivity index (χ2v) is 5.27. The summed E-state index contributed by atoms with van der Waals surface area (Å²) in [5, 5.41) is 0. The molecule has 0 aliphatic carbocycles. The molecule has 3 aromatic rings. The Bertz CT molecular complexity index is 861. The van der Waals surface area contributed by atoms with Crippen molar-refractivity contribution in [2.45, 2.75) is 6.61 Å². The van der Waals surface area contributed by atoms with Gasteiger partial charge in [0.05, 0.1) is 5.56 Å². The fraction of sp³-hybridized carbons (Fsp3) is 0.0500. The Balaban J connectivity index is 1.85. The molecule has 2 nitrogen and oxygen atoms in total. The molecule has 0 saturated carbocycles. The summed E-state index contributed by atoms with van der Waals surface area (Å²) in [7, 11) is 0. The van der Waals surface area contributed by atoms with E-state index < -0.39 is 11.6 Å². The van der Waals surface area contributed by atoms with Crippen LogP contribution in [0.15, 0.2) is 66.7 Å². The minimum absolute atomic E-state index is 0.339. The molecule has 24 heavy (non-hydrogen) atoms. The molecule has 0 bridgehead atoms. The molecule has 0 unspecified atom stereocenters. The zero-order valence-corrected chi connectivity index (χ0v) is 12.7. The van der Waals surface area contributed by atoms with Gasteiger partial charge < -0.3 is 4.74 Å². The van der Waals surface area contributed by atoms with Crippen LogP contribution in [0.1, 0.15) is 15.9 Å². The van der Waals surface area contributed by atoms with Gasteiger partial charge in [0.15, 0.2) is 17.9 Å². The molecule has 0 aromatic heterocycles. The highest BCUT2D eigenvalue weighted by Gasteiger charge is 2.09. The second kappa shape index (κ2) is 7.04. The molecule has 0 aliphatic heterocycles.